The van der Waals surface area contributed by atoms with E-state index in [1.807, 2.05) is 24.3 Å². The molecule has 1 aliphatic heterocycles. The number of hydrogen-bond acceptors (Lipinski definition) is 3. The van der Waals surface area contributed by atoms with Gasteiger partial charge in [0, 0.05) is 31.2 Å². The lowest BCUT2D eigenvalue weighted by Crippen LogP contribution is -2.53. The lowest BCUT2D eigenvalue weighted by molar-refractivity contribution is -0.139. The first-order valence-corrected chi connectivity index (χ1v) is 10.8. The lowest BCUT2D eigenvalue weighted by atomic mass is 10.0. The Balaban J connectivity index is 1.59. The molecule has 0 N–H and O–H groups in total. The molecule has 0 spiro atoms. The molecular formula is C23H26Cl2N2O3. The van der Waals surface area contributed by atoms with E-state index in [2.05, 4.69) is 13.8 Å². The summed E-state index contributed by atoms with van der Waals surface area (Å²) in [5.74, 6) is 0.807. The van der Waals surface area contributed by atoms with Crippen LogP contribution in [0.4, 0.5) is 0 Å². The van der Waals surface area contributed by atoms with E-state index in [4.69, 9.17) is 27.9 Å². The second kappa shape index (κ2) is 9.71. The second-order valence-corrected chi connectivity index (χ2v) is 8.54. The van der Waals surface area contributed by atoms with Crippen molar-refractivity contribution in [2.45, 2.75) is 32.8 Å². The van der Waals surface area contributed by atoms with Gasteiger partial charge in [0.25, 0.3) is 11.8 Å². The van der Waals surface area contributed by atoms with Crippen LogP contribution in [-0.2, 0) is 4.79 Å². The third kappa shape index (κ3) is 5.08. The highest BCUT2D eigenvalue weighted by atomic mass is 35.5. The summed E-state index contributed by atoms with van der Waals surface area (Å²) in [6.45, 7) is 7.75. The molecule has 3 rings (SSSR count). The molecule has 0 radical (unpaired) electrons. The first kappa shape index (κ1) is 22.4. The molecule has 1 saturated heterocycles. The first-order chi connectivity index (χ1) is 14.3. The van der Waals surface area contributed by atoms with Gasteiger partial charge in [-0.3, -0.25) is 9.59 Å². The van der Waals surface area contributed by atoms with E-state index >= 15 is 0 Å². The maximum atomic E-state index is 12.9. The molecule has 0 bridgehead atoms. The minimum atomic E-state index is -0.599. The van der Waals surface area contributed by atoms with Crippen LogP contribution in [0.1, 0.15) is 42.6 Å². The van der Waals surface area contributed by atoms with E-state index in [1.54, 1.807) is 34.9 Å². The van der Waals surface area contributed by atoms with Gasteiger partial charge in [0.15, 0.2) is 6.10 Å². The molecule has 160 valence electrons. The number of halogens is 2. The molecule has 1 aliphatic rings. The van der Waals surface area contributed by atoms with Crippen LogP contribution in [0.5, 0.6) is 5.75 Å². The van der Waals surface area contributed by atoms with E-state index < -0.39 is 6.10 Å². The molecule has 1 fully saturated rings. The van der Waals surface area contributed by atoms with Gasteiger partial charge in [0.05, 0.1) is 10.6 Å². The smallest absolute Gasteiger partial charge is 0.263 e. The van der Waals surface area contributed by atoms with Crippen molar-refractivity contribution in [2.75, 3.05) is 26.2 Å². The predicted octanol–water partition coefficient (Wildman–Crippen LogP) is 4.87. The molecule has 1 unspecified atom stereocenters. The van der Waals surface area contributed by atoms with Crippen molar-refractivity contribution in [3.05, 3.63) is 63.6 Å². The van der Waals surface area contributed by atoms with E-state index in [1.165, 1.54) is 0 Å². The maximum Gasteiger partial charge on any atom is 0.263 e. The number of para-hydroxylation sites is 1. The van der Waals surface area contributed by atoms with Crippen LogP contribution in [0.3, 0.4) is 0 Å². The van der Waals surface area contributed by atoms with Gasteiger partial charge >= 0.3 is 0 Å². The Morgan fingerprint density at radius 2 is 1.57 bits per heavy atom. The zero-order chi connectivity index (χ0) is 21.8. The number of carbonyl (C=O) groups excluding carboxylic acids is 2. The van der Waals surface area contributed by atoms with Crippen molar-refractivity contribution >= 4 is 35.0 Å². The standard InChI is InChI=1S/C23H26Cl2N2O3/c1-15(2)18-6-4-5-7-21(18)30-16(3)22(28)26-10-12-27(13-11-26)23(29)19-9-8-17(24)14-20(19)25/h4-9,14-16H,10-13H2,1-3H3. The van der Waals surface area contributed by atoms with Crippen LogP contribution >= 0.6 is 23.2 Å². The summed E-state index contributed by atoms with van der Waals surface area (Å²) < 4.78 is 5.99. The van der Waals surface area contributed by atoms with Crippen molar-refractivity contribution in [3.8, 4) is 5.75 Å². The number of carbonyl (C=O) groups is 2. The molecule has 0 aliphatic carbocycles. The number of amides is 2. The van der Waals surface area contributed by atoms with Crippen molar-refractivity contribution in [1.29, 1.82) is 0 Å². The molecule has 2 amide bonds. The summed E-state index contributed by atoms with van der Waals surface area (Å²) in [6.07, 6.45) is -0.599. The van der Waals surface area contributed by atoms with Crippen LogP contribution in [-0.4, -0.2) is 53.9 Å². The van der Waals surface area contributed by atoms with Crippen LogP contribution in [0.15, 0.2) is 42.5 Å². The summed E-state index contributed by atoms with van der Waals surface area (Å²) in [5.41, 5.74) is 1.50. The predicted molar refractivity (Wildman–Crippen MR) is 120 cm³/mol. The number of rotatable bonds is 5. The average molecular weight is 449 g/mol. The SMILES string of the molecule is CC(Oc1ccccc1C(C)C)C(=O)N1CCN(C(=O)c2ccc(Cl)cc2Cl)CC1. The van der Waals surface area contributed by atoms with Crippen molar-refractivity contribution in [3.63, 3.8) is 0 Å². The number of hydrogen-bond donors (Lipinski definition) is 0. The summed E-state index contributed by atoms with van der Waals surface area (Å²) in [7, 11) is 0. The van der Waals surface area contributed by atoms with Crippen molar-refractivity contribution in [1.82, 2.24) is 9.80 Å². The van der Waals surface area contributed by atoms with Gasteiger partial charge in [-0.05, 0) is 42.7 Å². The van der Waals surface area contributed by atoms with Gasteiger partial charge in [-0.1, -0.05) is 55.2 Å². The number of nitrogens with zero attached hydrogens (tertiary/aromatic N) is 2. The molecule has 1 heterocycles. The average Bonchev–Trinajstić information content (AvgIpc) is 2.73. The summed E-state index contributed by atoms with van der Waals surface area (Å²) in [4.78, 5) is 29.1. The van der Waals surface area contributed by atoms with E-state index in [0.717, 1.165) is 11.3 Å². The molecule has 2 aromatic rings. The number of piperazine rings is 1. The van der Waals surface area contributed by atoms with Gasteiger partial charge in [0.1, 0.15) is 5.75 Å². The highest BCUT2D eigenvalue weighted by Gasteiger charge is 2.29. The Labute approximate surface area is 187 Å². The fourth-order valence-corrected chi connectivity index (χ4v) is 4.02. The summed E-state index contributed by atoms with van der Waals surface area (Å²) in [6, 6.07) is 12.6. The highest BCUT2D eigenvalue weighted by molar-refractivity contribution is 6.36. The van der Waals surface area contributed by atoms with Gasteiger partial charge in [-0.25, -0.2) is 0 Å². The van der Waals surface area contributed by atoms with E-state index in [0.29, 0.717) is 47.7 Å². The highest BCUT2D eigenvalue weighted by Crippen LogP contribution is 2.27. The first-order valence-electron chi connectivity index (χ1n) is 10.1. The van der Waals surface area contributed by atoms with Crippen LogP contribution < -0.4 is 4.74 Å². The molecular weight excluding hydrogens is 423 g/mol. The maximum absolute atomic E-state index is 12.9. The second-order valence-electron chi connectivity index (χ2n) is 7.69. The summed E-state index contributed by atoms with van der Waals surface area (Å²) in [5, 5.41) is 0.817. The zero-order valence-electron chi connectivity index (χ0n) is 17.4. The van der Waals surface area contributed by atoms with Gasteiger partial charge in [0.2, 0.25) is 0 Å². The van der Waals surface area contributed by atoms with E-state index in [9.17, 15) is 9.59 Å². The fraction of sp³-hybridized carbons (Fsp3) is 0.391. The lowest BCUT2D eigenvalue weighted by Gasteiger charge is -2.36. The minimum absolute atomic E-state index is 0.0785. The van der Waals surface area contributed by atoms with Gasteiger partial charge in [-0.15, -0.1) is 0 Å². The van der Waals surface area contributed by atoms with Crippen LogP contribution in [0, 0.1) is 0 Å². The minimum Gasteiger partial charge on any atom is -0.481 e. The molecule has 30 heavy (non-hydrogen) atoms. The topological polar surface area (TPSA) is 49.9 Å². The quantitative estimate of drug-likeness (QED) is 0.655. The Morgan fingerprint density at radius 1 is 0.933 bits per heavy atom. The molecule has 1 atom stereocenters. The Kier molecular flexibility index (Phi) is 7.27. The summed E-state index contributed by atoms with van der Waals surface area (Å²) >= 11 is 12.1. The monoisotopic (exact) mass is 448 g/mol. The molecule has 7 heteroatoms. The fourth-order valence-electron chi connectivity index (χ4n) is 3.53. The largest absolute Gasteiger partial charge is 0.481 e. The third-order valence-corrected chi connectivity index (χ3v) is 5.78. The Hall–Kier alpha value is -2.24. The molecule has 0 saturated carbocycles. The van der Waals surface area contributed by atoms with Crippen LogP contribution in [0.25, 0.3) is 0 Å². The van der Waals surface area contributed by atoms with Crippen LogP contribution in [0.2, 0.25) is 10.0 Å². The third-order valence-electron chi connectivity index (χ3n) is 5.23. The van der Waals surface area contributed by atoms with Crippen molar-refractivity contribution in [2.24, 2.45) is 0 Å². The normalized spacial score (nSPS) is 15.3. The molecule has 0 aromatic heterocycles. The van der Waals surface area contributed by atoms with Gasteiger partial charge < -0.3 is 14.5 Å². The van der Waals surface area contributed by atoms with Gasteiger partial charge in [-0.2, -0.15) is 0 Å². The Bertz CT molecular complexity index is 924. The Morgan fingerprint density at radius 3 is 2.20 bits per heavy atom. The van der Waals surface area contributed by atoms with Crippen molar-refractivity contribution < 1.29 is 14.3 Å². The molecule has 5 nitrogen and oxygen atoms in total. The number of ether oxygens (including phenoxy) is 1. The van der Waals surface area contributed by atoms with E-state index in [-0.39, 0.29) is 11.8 Å². The molecule has 2 aromatic carbocycles. The number of benzene rings is 2. The zero-order valence-corrected chi connectivity index (χ0v) is 18.9.